The first-order chi connectivity index (χ1) is 8.81. The van der Waals surface area contributed by atoms with Crippen LogP contribution in [0.3, 0.4) is 0 Å². The zero-order valence-electron chi connectivity index (χ0n) is 12.5. The Morgan fingerprint density at radius 3 is 2.42 bits per heavy atom. The van der Waals surface area contributed by atoms with Gasteiger partial charge in [-0.15, -0.1) is 0 Å². The molecule has 4 heteroatoms. The molecule has 0 radical (unpaired) electrons. The number of hydrogen-bond acceptors (Lipinski definition) is 3. The van der Waals surface area contributed by atoms with E-state index in [9.17, 15) is 4.79 Å². The SMILES string of the molecule is CNC(C)(CCOc1c(C)ccc(C)c1C)C(N)=O. The minimum absolute atomic E-state index is 0.365. The molecule has 0 fully saturated rings. The molecule has 0 aromatic heterocycles. The summed E-state index contributed by atoms with van der Waals surface area (Å²) in [5, 5.41) is 2.95. The molecule has 1 amide bonds. The third-order valence-electron chi connectivity index (χ3n) is 3.82. The summed E-state index contributed by atoms with van der Waals surface area (Å²) in [6, 6.07) is 4.13. The van der Waals surface area contributed by atoms with Gasteiger partial charge < -0.3 is 15.8 Å². The van der Waals surface area contributed by atoms with Crippen molar-refractivity contribution < 1.29 is 9.53 Å². The third-order valence-corrected chi connectivity index (χ3v) is 3.82. The highest BCUT2D eigenvalue weighted by molar-refractivity contribution is 5.84. The van der Waals surface area contributed by atoms with E-state index in [1.54, 1.807) is 14.0 Å². The summed E-state index contributed by atoms with van der Waals surface area (Å²) < 4.78 is 5.85. The van der Waals surface area contributed by atoms with Crippen LogP contribution in [-0.4, -0.2) is 25.1 Å². The standard InChI is InChI=1S/C15H24N2O2/c1-10-6-7-11(2)13(12(10)3)19-9-8-15(4,17-5)14(16)18/h6-7,17H,8-9H2,1-5H3,(H2,16,18). The van der Waals surface area contributed by atoms with Crippen molar-refractivity contribution in [2.75, 3.05) is 13.7 Å². The summed E-state index contributed by atoms with van der Waals surface area (Å²) in [5.74, 6) is 0.541. The molecule has 0 heterocycles. The van der Waals surface area contributed by atoms with Gasteiger partial charge in [-0.3, -0.25) is 4.79 Å². The molecule has 0 aliphatic carbocycles. The molecule has 4 nitrogen and oxygen atoms in total. The molecule has 19 heavy (non-hydrogen) atoms. The number of hydrogen-bond donors (Lipinski definition) is 2. The predicted octanol–water partition coefficient (Wildman–Crippen LogP) is 1.84. The van der Waals surface area contributed by atoms with Crippen LogP contribution in [0.25, 0.3) is 0 Å². The lowest BCUT2D eigenvalue weighted by Gasteiger charge is -2.25. The smallest absolute Gasteiger partial charge is 0.237 e. The lowest BCUT2D eigenvalue weighted by Crippen LogP contribution is -2.52. The molecule has 1 aromatic carbocycles. The first-order valence-electron chi connectivity index (χ1n) is 6.50. The van der Waals surface area contributed by atoms with E-state index in [0.29, 0.717) is 13.0 Å². The average molecular weight is 264 g/mol. The molecule has 106 valence electrons. The zero-order valence-corrected chi connectivity index (χ0v) is 12.5. The number of amides is 1. The molecule has 0 saturated carbocycles. The van der Waals surface area contributed by atoms with Gasteiger partial charge in [0.25, 0.3) is 0 Å². The molecule has 0 saturated heterocycles. The van der Waals surface area contributed by atoms with Gasteiger partial charge in [-0.2, -0.15) is 0 Å². The Bertz CT molecular complexity index is 471. The molecule has 0 aliphatic rings. The fourth-order valence-electron chi connectivity index (χ4n) is 1.88. The monoisotopic (exact) mass is 264 g/mol. The number of nitrogens with one attached hydrogen (secondary N) is 1. The van der Waals surface area contributed by atoms with Gasteiger partial charge in [0.15, 0.2) is 0 Å². The second-order valence-electron chi connectivity index (χ2n) is 5.20. The van der Waals surface area contributed by atoms with Gasteiger partial charge in [0.1, 0.15) is 5.75 Å². The molecule has 3 N–H and O–H groups in total. The number of ether oxygens (including phenoxy) is 1. The first kappa shape index (κ1) is 15.5. The average Bonchev–Trinajstić information content (AvgIpc) is 2.37. The van der Waals surface area contributed by atoms with Crippen LogP contribution in [0.2, 0.25) is 0 Å². The number of carbonyl (C=O) groups excluding carboxylic acids is 1. The Morgan fingerprint density at radius 1 is 1.32 bits per heavy atom. The maximum atomic E-state index is 11.4. The van der Waals surface area contributed by atoms with E-state index in [1.165, 1.54) is 5.56 Å². The maximum Gasteiger partial charge on any atom is 0.237 e. The van der Waals surface area contributed by atoms with Crippen LogP contribution in [0.15, 0.2) is 12.1 Å². The van der Waals surface area contributed by atoms with Crippen LogP contribution in [0.4, 0.5) is 0 Å². The van der Waals surface area contributed by atoms with E-state index in [4.69, 9.17) is 10.5 Å². The topological polar surface area (TPSA) is 64.3 Å². The molecular formula is C15H24N2O2. The number of aryl methyl sites for hydroxylation is 2. The zero-order chi connectivity index (χ0) is 14.6. The number of nitrogens with two attached hydrogens (primary N) is 1. The minimum Gasteiger partial charge on any atom is -0.493 e. The van der Waals surface area contributed by atoms with E-state index in [0.717, 1.165) is 16.9 Å². The Kier molecular flexibility index (Phi) is 4.95. The van der Waals surface area contributed by atoms with E-state index in [-0.39, 0.29) is 5.91 Å². The van der Waals surface area contributed by atoms with Crippen molar-refractivity contribution in [2.24, 2.45) is 5.73 Å². The van der Waals surface area contributed by atoms with Crippen LogP contribution < -0.4 is 15.8 Å². The second kappa shape index (κ2) is 6.06. The molecule has 1 aromatic rings. The summed E-state index contributed by atoms with van der Waals surface area (Å²) in [5.41, 5.74) is 8.11. The number of primary amides is 1. The first-order valence-corrected chi connectivity index (χ1v) is 6.50. The van der Waals surface area contributed by atoms with Crippen LogP contribution in [0.5, 0.6) is 5.75 Å². The van der Waals surface area contributed by atoms with Gasteiger partial charge in [-0.1, -0.05) is 12.1 Å². The molecule has 1 unspecified atom stereocenters. The van der Waals surface area contributed by atoms with Crippen molar-refractivity contribution in [3.05, 3.63) is 28.8 Å². The summed E-state index contributed by atoms with van der Waals surface area (Å²) in [4.78, 5) is 11.4. The highest BCUT2D eigenvalue weighted by atomic mass is 16.5. The van der Waals surface area contributed by atoms with Crippen molar-refractivity contribution in [1.29, 1.82) is 0 Å². The van der Waals surface area contributed by atoms with Crippen molar-refractivity contribution in [3.8, 4) is 5.75 Å². The Morgan fingerprint density at radius 2 is 1.89 bits per heavy atom. The van der Waals surface area contributed by atoms with Gasteiger partial charge in [-0.25, -0.2) is 0 Å². The van der Waals surface area contributed by atoms with Crippen LogP contribution in [0, 0.1) is 20.8 Å². The van der Waals surface area contributed by atoms with E-state index < -0.39 is 5.54 Å². The Labute approximate surface area is 115 Å². The molecule has 0 bridgehead atoms. The van der Waals surface area contributed by atoms with Gasteiger partial charge in [0, 0.05) is 6.42 Å². The van der Waals surface area contributed by atoms with Gasteiger partial charge in [0.2, 0.25) is 5.91 Å². The minimum atomic E-state index is -0.731. The van der Waals surface area contributed by atoms with E-state index >= 15 is 0 Å². The Hall–Kier alpha value is -1.55. The fourth-order valence-corrected chi connectivity index (χ4v) is 1.88. The van der Waals surface area contributed by atoms with Crippen molar-refractivity contribution in [2.45, 2.75) is 39.7 Å². The maximum absolute atomic E-state index is 11.4. The quantitative estimate of drug-likeness (QED) is 0.824. The van der Waals surface area contributed by atoms with E-state index in [1.807, 2.05) is 19.9 Å². The number of benzene rings is 1. The van der Waals surface area contributed by atoms with Crippen LogP contribution in [0.1, 0.15) is 30.0 Å². The second-order valence-corrected chi connectivity index (χ2v) is 5.20. The lowest BCUT2D eigenvalue weighted by atomic mass is 9.98. The molecular weight excluding hydrogens is 240 g/mol. The normalized spacial score (nSPS) is 13.9. The molecule has 0 aliphatic heterocycles. The summed E-state index contributed by atoms with van der Waals surface area (Å²) in [7, 11) is 1.73. The highest BCUT2D eigenvalue weighted by Gasteiger charge is 2.28. The molecule has 1 rings (SSSR count). The number of carbonyl (C=O) groups is 1. The summed E-state index contributed by atoms with van der Waals surface area (Å²) in [6.07, 6.45) is 0.533. The third kappa shape index (κ3) is 3.47. The molecule has 1 atom stereocenters. The van der Waals surface area contributed by atoms with Crippen LogP contribution in [-0.2, 0) is 4.79 Å². The predicted molar refractivity (Wildman–Crippen MR) is 77.4 cm³/mol. The van der Waals surface area contributed by atoms with Crippen LogP contribution >= 0.6 is 0 Å². The Balaban J connectivity index is 2.74. The van der Waals surface area contributed by atoms with Crippen molar-refractivity contribution in [3.63, 3.8) is 0 Å². The van der Waals surface area contributed by atoms with Gasteiger partial charge in [-0.05, 0) is 51.4 Å². The fraction of sp³-hybridized carbons (Fsp3) is 0.533. The number of rotatable bonds is 6. The largest absolute Gasteiger partial charge is 0.493 e. The van der Waals surface area contributed by atoms with Gasteiger partial charge >= 0.3 is 0 Å². The van der Waals surface area contributed by atoms with Crippen molar-refractivity contribution >= 4 is 5.91 Å². The van der Waals surface area contributed by atoms with E-state index in [2.05, 4.69) is 18.3 Å². The lowest BCUT2D eigenvalue weighted by molar-refractivity contribution is -0.124. The van der Waals surface area contributed by atoms with Gasteiger partial charge in [0.05, 0.1) is 12.1 Å². The summed E-state index contributed by atoms with van der Waals surface area (Å²) in [6.45, 7) is 8.36. The number of likely N-dealkylation sites (N-methyl/N-ethyl adjacent to an activating group) is 1. The van der Waals surface area contributed by atoms with Crippen molar-refractivity contribution in [1.82, 2.24) is 5.32 Å². The molecule has 0 spiro atoms. The summed E-state index contributed by atoms with van der Waals surface area (Å²) >= 11 is 0. The highest BCUT2D eigenvalue weighted by Crippen LogP contribution is 2.26.